The van der Waals surface area contributed by atoms with Crippen molar-refractivity contribution in [3.05, 3.63) is 0 Å². The van der Waals surface area contributed by atoms with E-state index in [4.69, 9.17) is 0 Å². The van der Waals surface area contributed by atoms with Gasteiger partial charge in [0, 0.05) is 6.04 Å². The summed E-state index contributed by atoms with van der Waals surface area (Å²) in [7, 11) is 0. The molecule has 0 spiro atoms. The quantitative estimate of drug-likeness (QED) is 0.749. The van der Waals surface area contributed by atoms with Gasteiger partial charge in [0.25, 0.3) is 0 Å². The highest BCUT2D eigenvalue weighted by atomic mass is 14.9. The summed E-state index contributed by atoms with van der Waals surface area (Å²) in [5.74, 6) is 1.94. The molecule has 0 bridgehead atoms. The zero-order valence-corrected chi connectivity index (χ0v) is 10.7. The summed E-state index contributed by atoms with van der Waals surface area (Å²) in [5, 5.41) is 3.68. The Morgan fingerprint density at radius 3 is 2.00 bits per heavy atom. The summed E-state index contributed by atoms with van der Waals surface area (Å²) in [6.07, 6.45) is 8.69. The number of rotatable bonds is 3. The van der Waals surface area contributed by atoms with Crippen LogP contribution in [0.15, 0.2) is 0 Å². The van der Waals surface area contributed by atoms with Gasteiger partial charge in [-0.1, -0.05) is 20.8 Å². The average Bonchev–Trinajstić information content (AvgIpc) is 2.97. The van der Waals surface area contributed by atoms with Gasteiger partial charge in [0.2, 0.25) is 0 Å². The van der Waals surface area contributed by atoms with Crippen molar-refractivity contribution in [3.8, 4) is 0 Å². The average molecular weight is 209 g/mol. The second-order valence-electron chi connectivity index (χ2n) is 6.77. The fourth-order valence-corrected chi connectivity index (χ4v) is 2.85. The van der Waals surface area contributed by atoms with Gasteiger partial charge in [-0.3, -0.25) is 0 Å². The second kappa shape index (κ2) is 4.45. The van der Waals surface area contributed by atoms with Crippen LogP contribution >= 0.6 is 0 Å². The minimum Gasteiger partial charge on any atom is -0.314 e. The van der Waals surface area contributed by atoms with Crippen LogP contribution in [0.2, 0.25) is 0 Å². The normalized spacial score (nSPS) is 33.0. The van der Waals surface area contributed by atoms with E-state index in [1.165, 1.54) is 45.1 Å². The molecule has 0 saturated heterocycles. The van der Waals surface area contributed by atoms with Crippen molar-refractivity contribution < 1.29 is 0 Å². The molecule has 2 saturated carbocycles. The Hall–Kier alpha value is -0.0400. The third-order valence-corrected chi connectivity index (χ3v) is 4.34. The largest absolute Gasteiger partial charge is 0.314 e. The molecule has 0 amide bonds. The van der Waals surface area contributed by atoms with Crippen LogP contribution in [0.1, 0.15) is 59.3 Å². The van der Waals surface area contributed by atoms with Gasteiger partial charge in [0.1, 0.15) is 0 Å². The van der Waals surface area contributed by atoms with Crippen LogP contribution in [0.3, 0.4) is 0 Å². The first-order valence-corrected chi connectivity index (χ1v) is 6.79. The maximum atomic E-state index is 3.68. The lowest BCUT2D eigenvalue weighted by Gasteiger charge is -2.37. The molecule has 0 atom stereocenters. The van der Waals surface area contributed by atoms with Gasteiger partial charge in [-0.2, -0.15) is 0 Å². The maximum absolute atomic E-state index is 3.68. The van der Waals surface area contributed by atoms with E-state index in [0.717, 1.165) is 17.9 Å². The molecule has 15 heavy (non-hydrogen) atoms. The van der Waals surface area contributed by atoms with Crippen molar-refractivity contribution in [2.24, 2.45) is 17.3 Å². The number of hydrogen-bond acceptors (Lipinski definition) is 1. The van der Waals surface area contributed by atoms with Gasteiger partial charge in [-0.25, -0.2) is 0 Å². The van der Waals surface area contributed by atoms with Gasteiger partial charge in [-0.05, 0) is 62.3 Å². The lowest BCUT2D eigenvalue weighted by atomic mass is 9.70. The highest BCUT2D eigenvalue weighted by Gasteiger charge is 2.30. The molecule has 2 fully saturated rings. The predicted octanol–water partition coefficient (Wildman–Crippen LogP) is 3.59. The summed E-state index contributed by atoms with van der Waals surface area (Å²) in [6.45, 7) is 8.50. The highest BCUT2D eigenvalue weighted by molar-refractivity contribution is 4.85. The van der Waals surface area contributed by atoms with Crippen LogP contribution in [0, 0.1) is 17.3 Å². The Balaban J connectivity index is 1.67. The summed E-state index contributed by atoms with van der Waals surface area (Å²) < 4.78 is 0. The van der Waals surface area contributed by atoms with E-state index in [-0.39, 0.29) is 0 Å². The van der Waals surface area contributed by atoms with Gasteiger partial charge >= 0.3 is 0 Å². The van der Waals surface area contributed by atoms with Crippen LogP contribution in [-0.2, 0) is 0 Å². The highest BCUT2D eigenvalue weighted by Crippen LogP contribution is 2.39. The predicted molar refractivity (Wildman–Crippen MR) is 65.9 cm³/mol. The second-order valence-corrected chi connectivity index (χ2v) is 6.77. The lowest BCUT2D eigenvalue weighted by Crippen LogP contribution is -2.31. The van der Waals surface area contributed by atoms with Gasteiger partial charge < -0.3 is 5.32 Å². The van der Waals surface area contributed by atoms with Crippen molar-refractivity contribution in [2.75, 3.05) is 6.54 Å². The molecular formula is C14H27N. The standard InChI is InChI=1S/C14H27N/c1-14(2,3)12-6-4-11(5-7-12)10-15-13-8-9-13/h11-13,15H,4-10H2,1-3H3. The minimum atomic E-state index is 0.537. The molecule has 2 aliphatic rings. The Bertz CT molecular complexity index is 192. The van der Waals surface area contributed by atoms with Gasteiger partial charge in [0.15, 0.2) is 0 Å². The smallest absolute Gasteiger partial charge is 0.00683 e. The molecule has 0 heterocycles. The van der Waals surface area contributed by atoms with E-state index in [0.29, 0.717) is 5.41 Å². The Morgan fingerprint density at radius 2 is 1.53 bits per heavy atom. The van der Waals surface area contributed by atoms with Gasteiger partial charge in [0.05, 0.1) is 0 Å². The van der Waals surface area contributed by atoms with E-state index < -0.39 is 0 Å². The zero-order valence-electron chi connectivity index (χ0n) is 10.7. The van der Waals surface area contributed by atoms with Gasteiger partial charge in [-0.15, -0.1) is 0 Å². The van der Waals surface area contributed by atoms with Crippen molar-refractivity contribution >= 4 is 0 Å². The minimum absolute atomic E-state index is 0.537. The molecule has 0 unspecified atom stereocenters. The summed E-state index contributed by atoms with van der Waals surface area (Å²) in [4.78, 5) is 0. The maximum Gasteiger partial charge on any atom is 0.00683 e. The van der Waals surface area contributed by atoms with Crippen LogP contribution in [0.4, 0.5) is 0 Å². The SMILES string of the molecule is CC(C)(C)C1CCC(CNC2CC2)CC1. The summed E-state index contributed by atoms with van der Waals surface area (Å²) >= 11 is 0. The van der Waals surface area contributed by atoms with Crippen LogP contribution in [0.5, 0.6) is 0 Å². The third kappa shape index (κ3) is 3.48. The van der Waals surface area contributed by atoms with E-state index >= 15 is 0 Å². The van der Waals surface area contributed by atoms with Crippen LogP contribution in [0.25, 0.3) is 0 Å². The zero-order chi connectivity index (χ0) is 10.9. The molecule has 0 aliphatic heterocycles. The first kappa shape index (κ1) is 11.4. The number of hydrogen-bond donors (Lipinski definition) is 1. The van der Waals surface area contributed by atoms with Crippen LogP contribution < -0.4 is 5.32 Å². The molecule has 2 rings (SSSR count). The first-order valence-electron chi connectivity index (χ1n) is 6.79. The Morgan fingerprint density at radius 1 is 0.933 bits per heavy atom. The number of nitrogens with one attached hydrogen (secondary N) is 1. The summed E-state index contributed by atoms with van der Waals surface area (Å²) in [5.41, 5.74) is 0.537. The molecule has 88 valence electrons. The fraction of sp³-hybridized carbons (Fsp3) is 1.00. The van der Waals surface area contributed by atoms with E-state index in [1.54, 1.807) is 0 Å². The Kier molecular flexibility index (Phi) is 3.39. The molecule has 1 heteroatoms. The van der Waals surface area contributed by atoms with E-state index in [9.17, 15) is 0 Å². The van der Waals surface area contributed by atoms with E-state index in [2.05, 4.69) is 26.1 Å². The van der Waals surface area contributed by atoms with Crippen molar-refractivity contribution in [1.29, 1.82) is 0 Å². The van der Waals surface area contributed by atoms with E-state index in [1.807, 2.05) is 0 Å². The Labute approximate surface area is 95.0 Å². The fourth-order valence-electron chi connectivity index (χ4n) is 2.85. The third-order valence-electron chi connectivity index (χ3n) is 4.34. The molecular weight excluding hydrogens is 182 g/mol. The molecule has 0 aromatic heterocycles. The van der Waals surface area contributed by atoms with Crippen molar-refractivity contribution in [2.45, 2.75) is 65.3 Å². The molecule has 1 N–H and O–H groups in total. The van der Waals surface area contributed by atoms with Crippen molar-refractivity contribution in [1.82, 2.24) is 5.32 Å². The molecule has 1 nitrogen and oxygen atoms in total. The molecule has 2 aliphatic carbocycles. The molecule has 0 aromatic carbocycles. The molecule has 0 aromatic rings. The molecule has 0 radical (unpaired) electrons. The lowest BCUT2D eigenvalue weighted by molar-refractivity contribution is 0.149. The van der Waals surface area contributed by atoms with Crippen molar-refractivity contribution in [3.63, 3.8) is 0 Å². The summed E-state index contributed by atoms with van der Waals surface area (Å²) in [6, 6.07) is 0.894. The van der Waals surface area contributed by atoms with Crippen LogP contribution in [-0.4, -0.2) is 12.6 Å². The monoisotopic (exact) mass is 209 g/mol. The topological polar surface area (TPSA) is 12.0 Å². The first-order chi connectivity index (χ1) is 7.05.